The van der Waals surface area contributed by atoms with Crippen LogP contribution in [0.5, 0.6) is 0 Å². The zero-order valence-corrected chi connectivity index (χ0v) is 14.6. The number of nitrogens with zero attached hydrogens (tertiary/aromatic N) is 7. The Morgan fingerprint density at radius 1 is 1.16 bits per heavy atom. The summed E-state index contributed by atoms with van der Waals surface area (Å²) in [6.45, 7) is 2.61. The third kappa shape index (κ3) is 5.20. The SMILES string of the molecule is CN(CCCNc1nc(Cl)nc(-n2cncn2)n1)Cc1ccccc1. The number of rotatable bonds is 8. The molecule has 0 saturated carbocycles. The fraction of sp³-hybridized carbons (Fsp3) is 0.312. The van der Waals surface area contributed by atoms with Crippen LogP contribution in [0, 0.1) is 0 Å². The summed E-state index contributed by atoms with van der Waals surface area (Å²) in [4.78, 5) is 18.6. The summed E-state index contributed by atoms with van der Waals surface area (Å²) in [6.07, 6.45) is 3.87. The van der Waals surface area contributed by atoms with E-state index < -0.39 is 0 Å². The van der Waals surface area contributed by atoms with Gasteiger partial charge in [-0.2, -0.15) is 24.7 Å². The Morgan fingerprint density at radius 2 is 2.00 bits per heavy atom. The Kier molecular flexibility index (Phi) is 5.86. The molecule has 0 saturated heterocycles. The number of nitrogens with one attached hydrogen (secondary N) is 1. The van der Waals surface area contributed by atoms with Gasteiger partial charge in [0.2, 0.25) is 11.2 Å². The summed E-state index contributed by atoms with van der Waals surface area (Å²) >= 11 is 5.95. The molecule has 1 aromatic carbocycles. The average Bonchev–Trinajstić information content (AvgIpc) is 3.14. The molecule has 0 amide bonds. The number of anilines is 1. The van der Waals surface area contributed by atoms with Crippen LogP contribution < -0.4 is 5.32 Å². The minimum Gasteiger partial charge on any atom is -0.354 e. The van der Waals surface area contributed by atoms with Gasteiger partial charge in [0.15, 0.2) is 0 Å². The quantitative estimate of drug-likeness (QED) is 0.617. The van der Waals surface area contributed by atoms with E-state index in [1.807, 2.05) is 6.07 Å². The molecule has 0 radical (unpaired) electrons. The van der Waals surface area contributed by atoms with Gasteiger partial charge in [-0.05, 0) is 37.2 Å². The van der Waals surface area contributed by atoms with Gasteiger partial charge in [-0.15, -0.1) is 0 Å². The maximum atomic E-state index is 5.95. The molecule has 2 heterocycles. The molecule has 0 aliphatic heterocycles. The molecule has 3 rings (SSSR count). The molecule has 130 valence electrons. The molecule has 9 heteroatoms. The maximum absolute atomic E-state index is 5.95. The van der Waals surface area contributed by atoms with Crippen LogP contribution >= 0.6 is 11.6 Å². The lowest BCUT2D eigenvalue weighted by molar-refractivity contribution is 0.325. The Balaban J connectivity index is 1.47. The van der Waals surface area contributed by atoms with Crippen molar-refractivity contribution < 1.29 is 0 Å². The van der Waals surface area contributed by atoms with Crippen molar-refractivity contribution >= 4 is 17.5 Å². The summed E-state index contributed by atoms with van der Waals surface area (Å²) in [5.74, 6) is 0.761. The van der Waals surface area contributed by atoms with Gasteiger partial charge >= 0.3 is 0 Å². The van der Waals surface area contributed by atoms with E-state index in [-0.39, 0.29) is 5.28 Å². The zero-order chi connectivity index (χ0) is 17.5. The van der Waals surface area contributed by atoms with Crippen molar-refractivity contribution in [3.05, 3.63) is 53.8 Å². The molecular formula is C16H19ClN8. The minimum atomic E-state index is 0.115. The summed E-state index contributed by atoms with van der Waals surface area (Å²) in [5, 5.41) is 7.28. The van der Waals surface area contributed by atoms with Gasteiger partial charge in [-0.1, -0.05) is 30.3 Å². The molecule has 0 spiro atoms. The summed E-state index contributed by atoms with van der Waals surface area (Å²) in [7, 11) is 2.11. The van der Waals surface area contributed by atoms with Crippen molar-refractivity contribution in [1.82, 2.24) is 34.6 Å². The summed E-state index contributed by atoms with van der Waals surface area (Å²) < 4.78 is 1.44. The van der Waals surface area contributed by atoms with Crippen LogP contribution in [0.3, 0.4) is 0 Å². The van der Waals surface area contributed by atoms with E-state index in [0.717, 1.165) is 26.1 Å². The molecule has 8 nitrogen and oxygen atoms in total. The molecule has 3 aromatic rings. The predicted octanol–water partition coefficient (Wildman–Crippen LogP) is 2.04. The van der Waals surface area contributed by atoms with Crippen LogP contribution in [-0.2, 0) is 6.54 Å². The Labute approximate surface area is 150 Å². The normalized spacial score (nSPS) is 11.0. The van der Waals surface area contributed by atoms with Gasteiger partial charge in [0.1, 0.15) is 12.7 Å². The number of benzene rings is 1. The summed E-state index contributed by atoms with van der Waals surface area (Å²) in [6, 6.07) is 10.4. The number of aromatic nitrogens is 6. The van der Waals surface area contributed by atoms with E-state index in [1.165, 1.54) is 22.9 Å². The minimum absolute atomic E-state index is 0.115. The van der Waals surface area contributed by atoms with Gasteiger partial charge in [-0.3, -0.25) is 0 Å². The van der Waals surface area contributed by atoms with Crippen LogP contribution in [0.15, 0.2) is 43.0 Å². The van der Waals surface area contributed by atoms with Crippen molar-refractivity contribution in [2.24, 2.45) is 0 Å². The Morgan fingerprint density at radius 3 is 2.76 bits per heavy atom. The van der Waals surface area contributed by atoms with Gasteiger partial charge in [0, 0.05) is 13.1 Å². The predicted molar refractivity (Wildman–Crippen MR) is 95.6 cm³/mol. The molecule has 0 bridgehead atoms. The molecule has 1 N–H and O–H groups in total. The smallest absolute Gasteiger partial charge is 0.258 e. The lowest BCUT2D eigenvalue weighted by Gasteiger charge is -2.16. The monoisotopic (exact) mass is 358 g/mol. The summed E-state index contributed by atoms with van der Waals surface area (Å²) in [5.41, 5.74) is 1.31. The van der Waals surface area contributed by atoms with Crippen molar-refractivity contribution in [3.8, 4) is 5.95 Å². The second-order valence-electron chi connectivity index (χ2n) is 5.57. The highest BCUT2D eigenvalue weighted by atomic mass is 35.5. The van der Waals surface area contributed by atoms with Crippen LogP contribution in [0.4, 0.5) is 5.95 Å². The first-order chi connectivity index (χ1) is 12.2. The van der Waals surface area contributed by atoms with Crippen molar-refractivity contribution in [2.45, 2.75) is 13.0 Å². The van der Waals surface area contributed by atoms with E-state index >= 15 is 0 Å². The molecule has 2 aromatic heterocycles. The second-order valence-corrected chi connectivity index (χ2v) is 5.91. The molecule has 0 aliphatic rings. The van der Waals surface area contributed by atoms with E-state index in [4.69, 9.17) is 11.6 Å². The lowest BCUT2D eigenvalue weighted by Crippen LogP contribution is -2.21. The van der Waals surface area contributed by atoms with Crippen molar-refractivity contribution in [1.29, 1.82) is 0 Å². The van der Waals surface area contributed by atoms with Gasteiger partial charge in [0.25, 0.3) is 5.95 Å². The second kappa shape index (κ2) is 8.50. The molecule has 25 heavy (non-hydrogen) atoms. The van der Waals surface area contributed by atoms with Gasteiger partial charge < -0.3 is 10.2 Å². The topological polar surface area (TPSA) is 84.6 Å². The zero-order valence-electron chi connectivity index (χ0n) is 13.9. The van der Waals surface area contributed by atoms with E-state index in [9.17, 15) is 0 Å². The third-order valence-electron chi connectivity index (χ3n) is 3.52. The fourth-order valence-corrected chi connectivity index (χ4v) is 2.51. The number of hydrogen-bond acceptors (Lipinski definition) is 7. The molecule has 0 fully saturated rings. The molecular weight excluding hydrogens is 340 g/mol. The molecule has 0 unspecified atom stereocenters. The highest BCUT2D eigenvalue weighted by molar-refractivity contribution is 6.28. The largest absolute Gasteiger partial charge is 0.354 e. The van der Waals surface area contributed by atoms with Crippen molar-refractivity contribution in [3.63, 3.8) is 0 Å². The first-order valence-electron chi connectivity index (χ1n) is 7.93. The highest BCUT2D eigenvalue weighted by Gasteiger charge is 2.07. The van der Waals surface area contributed by atoms with Crippen LogP contribution in [0.2, 0.25) is 5.28 Å². The van der Waals surface area contributed by atoms with Crippen LogP contribution in [0.1, 0.15) is 12.0 Å². The first-order valence-corrected chi connectivity index (χ1v) is 8.31. The average molecular weight is 359 g/mol. The highest BCUT2D eigenvalue weighted by Crippen LogP contribution is 2.09. The fourth-order valence-electron chi connectivity index (χ4n) is 2.36. The first kappa shape index (κ1) is 17.2. The van der Waals surface area contributed by atoms with Gasteiger partial charge in [0.05, 0.1) is 0 Å². The number of hydrogen-bond donors (Lipinski definition) is 1. The van der Waals surface area contributed by atoms with Gasteiger partial charge in [-0.25, -0.2) is 4.98 Å². The van der Waals surface area contributed by atoms with E-state index in [1.54, 1.807) is 0 Å². The molecule has 0 aliphatic carbocycles. The standard InChI is InChI=1S/C16H19ClN8/c1-24(10-13-6-3-2-4-7-13)9-5-8-19-15-21-14(17)22-16(23-15)25-12-18-11-20-25/h2-4,6-7,11-12H,5,8-10H2,1H3,(H,19,21,22,23). The third-order valence-corrected chi connectivity index (χ3v) is 3.68. The van der Waals surface area contributed by atoms with Crippen molar-refractivity contribution in [2.75, 3.05) is 25.5 Å². The van der Waals surface area contributed by atoms with E-state index in [2.05, 4.69) is 66.6 Å². The van der Waals surface area contributed by atoms with Crippen LogP contribution in [0.25, 0.3) is 5.95 Å². The molecule has 0 atom stereocenters. The number of halogens is 1. The van der Waals surface area contributed by atoms with Crippen LogP contribution in [-0.4, -0.2) is 54.8 Å². The Bertz CT molecular complexity index is 778. The van der Waals surface area contributed by atoms with E-state index in [0.29, 0.717) is 11.9 Å². The maximum Gasteiger partial charge on any atom is 0.258 e. The Hall–Kier alpha value is -2.58. The lowest BCUT2D eigenvalue weighted by atomic mass is 10.2.